The maximum Gasteiger partial charge on any atom is 0.265 e. The fourth-order valence-corrected chi connectivity index (χ4v) is 3.99. The molecule has 5 nitrogen and oxygen atoms in total. The molecule has 1 heterocycles. The van der Waals surface area contributed by atoms with Crippen LogP contribution in [-0.4, -0.2) is 23.5 Å². The maximum absolute atomic E-state index is 12.2. The SMILES string of the molecule is CC1CCC(CNC(=O)c2sc(NC3CCC3)nc2N)C1. The standard InChI is InChI=1S/C15H24N4OS/c1-9-5-6-10(7-9)8-17-14(20)12-13(16)19-15(21-12)18-11-3-2-4-11/h9-11H,2-8,16H2,1H3,(H,17,20)(H,18,19). The lowest BCUT2D eigenvalue weighted by atomic mass is 9.93. The molecule has 4 N–H and O–H groups in total. The van der Waals surface area contributed by atoms with Crippen molar-refractivity contribution in [3.8, 4) is 0 Å². The molecule has 0 radical (unpaired) electrons. The van der Waals surface area contributed by atoms with Crippen molar-refractivity contribution in [2.24, 2.45) is 11.8 Å². The van der Waals surface area contributed by atoms with Crippen molar-refractivity contribution in [3.05, 3.63) is 4.88 Å². The summed E-state index contributed by atoms with van der Waals surface area (Å²) in [6, 6.07) is 0.506. The van der Waals surface area contributed by atoms with E-state index in [1.54, 1.807) is 0 Å². The molecule has 2 aliphatic carbocycles. The van der Waals surface area contributed by atoms with Crippen LogP contribution in [0.15, 0.2) is 0 Å². The molecule has 0 bridgehead atoms. The normalized spacial score (nSPS) is 25.6. The molecule has 0 spiro atoms. The van der Waals surface area contributed by atoms with E-state index in [0.29, 0.717) is 22.7 Å². The maximum atomic E-state index is 12.2. The van der Waals surface area contributed by atoms with Crippen LogP contribution in [-0.2, 0) is 0 Å². The average molecular weight is 308 g/mol. The minimum Gasteiger partial charge on any atom is -0.382 e. The number of hydrogen-bond donors (Lipinski definition) is 3. The minimum absolute atomic E-state index is 0.0776. The van der Waals surface area contributed by atoms with Gasteiger partial charge in [-0.05, 0) is 43.9 Å². The molecular weight excluding hydrogens is 284 g/mol. The van der Waals surface area contributed by atoms with E-state index in [1.807, 2.05) is 0 Å². The van der Waals surface area contributed by atoms with E-state index in [1.165, 1.54) is 49.9 Å². The molecule has 2 saturated carbocycles. The van der Waals surface area contributed by atoms with Gasteiger partial charge in [-0.25, -0.2) is 4.98 Å². The number of anilines is 2. The molecule has 3 rings (SSSR count). The molecule has 116 valence electrons. The number of rotatable bonds is 5. The summed E-state index contributed by atoms with van der Waals surface area (Å²) in [6.07, 6.45) is 7.34. The summed E-state index contributed by atoms with van der Waals surface area (Å²) in [6.45, 7) is 3.04. The summed E-state index contributed by atoms with van der Waals surface area (Å²) in [5, 5.41) is 7.14. The Morgan fingerprint density at radius 1 is 1.38 bits per heavy atom. The molecule has 1 amide bonds. The molecule has 2 aliphatic rings. The molecule has 2 unspecified atom stereocenters. The molecule has 1 aromatic heterocycles. The first kappa shape index (κ1) is 14.6. The van der Waals surface area contributed by atoms with Crippen LogP contribution in [0.2, 0.25) is 0 Å². The van der Waals surface area contributed by atoms with E-state index < -0.39 is 0 Å². The number of amides is 1. The zero-order valence-corrected chi connectivity index (χ0v) is 13.3. The van der Waals surface area contributed by atoms with Crippen LogP contribution in [0.5, 0.6) is 0 Å². The third-order valence-corrected chi connectivity index (χ3v) is 5.65. The van der Waals surface area contributed by atoms with Crippen LogP contribution < -0.4 is 16.4 Å². The van der Waals surface area contributed by atoms with Crippen molar-refractivity contribution >= 4 is 28.2 Å². The van der Waals surface area contributed by atoms with Crippen molar-refractivity contribution < 1.29 is 4.79 Å². The zero-order valence-electron chi connectivity index (χ0n) is 12.5. The van der Waals surface area contributed by atoms with Crippen LogP contribution >= 0.6 is 11.3 Å². The van der Waals surface area contributed by atoms with Gasteiger partial charge in [0.05, 0.1) is 0 Å². The van der Waals surface area contributed by atoms with Crippen LogP contribution in [0.1, 0.15) is 55.1 Å². The van der Waals surface area contributed by atoms with Gasteiger partial charge in [0.25, 0.3) is 5.91 Å². The van der Waals surface area contributed by atoms with Crippen LogP contribution in [0.3, 0.4) is 0 Å². The van der Waals surface area contributed by atoms with E-state index in [2.05, 4.69) is 22.5 Å². The average Bonchev–Trinajstić information content (AvgIpc) is 2.97. The smallest absolute Gasteiger partial charge is 0.265 e. The Bertz CT molecular complexity index is 512. The van der Waals surface area contributed by atoms with Gasteiger partial charge >= 0.3 is 0 Å². The first-order valence-electron chi connectivity index (χ1n) is 7.93. The molecule has 1 aromatic rings. The number of nitrogen functional groups attached to an aromatic ring is 1. The Kier molecular flexibility index (Phi) is 4.33. The van der Waals surface area contributed by atoms with Crippen molar-refractivity contribution in [2.45, 2.75) is 51.5 Å². The summed E-state index contributed by atoms with van der Waals surface area (Å²) < 4.78 is 0. The Hall–Kier alpha value is -1.30. The first-order chi connectivity index (χ1) is 10.1. The number of thiazole rings is 1. The summed E-state index contributed by atoms with van der Waals surface area (Å²) in [5.74, 6) is 1.68. The van der Waals surface area contributed by atoms with Gasteiger partial charge in [-0.15, -0.1) is 0 Å². The summed E-state index contributed by atoms with van der Waals surface area (Å²) in [7, 11) is 0. The van der Waals surface area contributed by atoms with E-state index in [4.69, 9.17) is 5.73 Å². The lowest BCUT2D eigenvalue weighted by Crippen LogP contribution is -2.28. The molecule has 2 atom stereocenters. The van der Waals surface area contributed by atoms with Gasteiger partial charge in [0.1, 0.15) is 10.7 Å². The third-order valence-electron chi connectivity index (χ3n) is 4.65. The number of nitrogens with two attached hydrogens (primary N) is 1. The van der Waals surface area contributed by atoms with Crippen LogP contribution in [0.4, 0.5) is 10.9 Å². The Balaban J connectivity index is 1.53. The fourth-order valence-electron chi connectivity index (χ4n) is 3.11. The van der Waals surface area contributed by atoms with E-state index in [-0.39, 0.29) is 5.91 Å². The molecular formula is C15H24N4OS. The Labute approximate surface area is 129 Å². The van der Waals surface area contributed by atoms with Gasteiger partial charge in [0.2, 0.25) is 0 Å². The highest BCUT2D eigenvalue weighted by Gasteiger charge is 2.24. The third kappa shape index (κ3) is 3.48. The van der Waals surface area contributed by atoms with Gasteiger partial charge in [0.15, 0.2) is 5.13 Å². The van der Waals surface area contributed by atoms with Crippen molar-refractivity contribution in [2.75, 3.05) is 17.6 Å². The highest BCUT2D eigenvalue weighted by Crippen LogP contribution is 2.31. The fraction of sp³-hybridized carbons (Fsp3) is 0.733. The number of nitrogens with one attached hydrogen (secondary N) is 2. The molecule has 6 heteroatoms. The number of carbonyl (C=O) groups excluding carboxylic acids is 1. The summed E-state index contributed by atoms with van der Waals surface area (Å²) >= 11 is 1.37. The number of hydrogen-bond acceptors (Lipinski definition) is 5. The Morgan fingerprint density at radius 3 is 2.81 bits per heavy atom. The largest absolute Gasteiger partial charge is 0.382 e. The molecule has 0 saturated heterocycles. The van der Waals surface area contributed by atoms with Gasteiger partial charge in [-0.3, -0.25) is 4.79 Å². The molecule has 2 fully saturated rings. The molecule has 21 heavy (non-hydrogen) atoms. The second kappa shape index (κ2) is 6.22. The topological polar surface area (TPSA) is 80.0 Å². The predicted molar refractivity (Wildman–Crippen MR) is 86.6 cm³/mol. The number of aromatic nitrogens is 1. The first-order valence-corrected chi connectivity index (χ1v) is 8.74. The highest BCUT2D eigenvalue weighted by molar-refractivity contribution is 7.18. The second-order valence-electron chi connectivity index (χ2n) is 6.50. The Morgan fingerprint density at radius 2 is 2.19 bits per heavy atom. The van der Waals surface area contributed by atoms with Crippen LogP contribution in [0.25, 0.3) is 0 Å². The van der Waals surface area contributed by atoms with E-state index in [9.17, 15) is 4.79 Å². The van der Waals surface area contributed by atoms with E-state index in [0.717, 1.165) is 17.6 Å². The molecule has 0 aliphatic heterocycles. The van der Waals surface area contributed by atoms with Crippen LogP contribution in [0, 0.1) is 11.8 Å². The number of carbonyl (C=O) groups is 1. The minimum atomic E-state index is -0.0776. The zero-order chi connectivity index (χ0) is 14.8. The van der Waals surface area contributed by atoms with E-state index >= 15 is 0 Å². The van der Waals surface area contributed by atoms with Crippen molar-refractivity contribution in [1.82, 2.24) is 10.3 Å². The number of nitrogens with zero attached hydrogens (tertiary/aromatic N) is 1. The van der Waals surface area contributed by atoms with Gasteiger partial charge in [-0.1, -0.05) is 24.7 Å². The van der Waals surface area contributed by atoms with Gasteiger partial charge < -0.3 is 16.4 Å². The van der Waals surface area contributed by atoms with Crippen molar-refractivity contribution in [3.63, 3.8) is 0 Å². The quantitative estimate of drug-likeness (QED) is 0.781. The lowest BCUT2D eigenvalue weighted by Gasteiger charge is -2.25. The summed E-state index contributed by atoms with van der Waals surface area (Å²) in [5.41, 5.74) is 5.88. The predicted octanol–water partition coefficient (Wildman–Crippen LogP) is 2.86. The molecule has 0 aromatic carbocycles. The summed E-state index contributed by atoms with van der Waals surface area (Å²) in [4.78, 5) is 17.1. The second-order valence-corrected chi connectivity index (χ2v) is 7.50. The monoisotopic (exact) mass is 308 g/mol. The van der Waals surface area contributed by atoms with Crippen molar-refractivity contribution in [1.29, 1.82) is 0 Å². The highest BCUT2D eigenvalue weighted by atomic mass is 32.1. The van der Waals surface area contributed by atoms with Gasteiger partial charge in [0, 0.05) is 12.6 Å². The lowest BCUT2D eigenvalue weighted by molar-refractivity contribution is 0.0952. The van der Waals surface area contributed by atoms with Gasteiger partial charge in [-0.2, -0.15) is 0 Å².